The van der Waals surface area contributed by atoms with Crippen molar-refractivity contribution in [2.24, 2.45) is 0 Å². The fourth-order valence-electron chi connectivity index (χ4n) is 0.534. The molecule has 0 aliphatic rings. The second kappa shape index (κ2) is 10.7. The van der Waals surface area contributed by atoms with Crippen LogP contribution in [0.25, 0.3) is 0 Å². The topological polar surface area (TPSA) is 54.4 Å². The standard InChI is InChI=1S/C5H12O3S.C3H5.Na/c1-2-3-4-5-9(6,7)8;1-3-2;/h2-5H2,1H3,(H,6,7,8);3H,1-2H2;. The summed E-state index contributed by atoms with van der Waals surface area (Å²) >= 11 is 1.27. The molecule has 0 unspecified atom stereocenters. The molecule has 0 rings (SSSR count). The number of allylic oxidation sites excluding steroid dienone is 1. The first-order valence-electron chi connectivity index (χ1n) is 4.54. The molecule has 0 radical (unpaired) electrons. The monoisotopic (exact) mass is 216 g/mol. The molecule has 74 valence electrons. The second-order valence-electron chi connectivity index (χ2n) is 2.69. The molecule has 0 aromatic rings. The number of rotatable bonds is 5. The van der Waals surface area contributed by atoms with E-state index in [1.165, 1.54) is 31.6 Å². The van der Waals surface area contributed by atoms with Crippen LogP contribution in [0, 0.1) is 0 Å². The van der Waals surface area contributed by atoms with Crippen LogP contribution in [0.3, 0.4) is 0 Å². The summed E-state index contributed by atoms with van der Waals surface area (Å²) in [6.45, 7) is 5.49. The van der Waals surface area contributed by atoms with Crippen molar-refractivity contribution < 1.29 is 13.0 Å². The molecule has 0 aromatic carbocycles. The van der Waals surface area contributed by atoms with Gasteiger partial charge in [0, 0.05) is 0 Å². The van der Waals surface area contributed by atoms with Crippen LogP contribution < -0.4 is 0 Å². The molecular weight excluding hydrogens is 199 g/mol. The van der Waals surface area contributed by atoms with Crippen molar-refractivity contribution in [3.8, 4) is 0 Å². The zero-order valence-electron chi connectivity index (χ0n) is 8.49. The maximum absolute atomic E-state index is 10.1. The van der Waals surface area contributed by atoms with E-state index in [1.807, 2.05) is 13.0 Å². The molecule has 13 heavy (non-hydrogen) atoms. The molecule has 0 atom stereocenters. The fraction of sp³-hybridized carbons (Fsp3) is 0.750. The van der Waals surface area contributed by atoms with Crippen molar-refractivity contribution in [1.82, 2.24) is 0 Å². The summed E-state index contributed by atoms with van der Waals surface area (Å²) in [6.07, 6.45) is 4.33. The van der Waals surface area contributed by atoms with Gasteiger partial charge in [-0.25, -0.2) is 0 Å². The van der Waals surface area contributed by atoms with Crippen LogP contribution in [0.5, 0.6) is 0 Å². The van der Waals surface area contributed by atoms with E-state index >= 15 is 0 Å². The van der Waals surface area contributed by atoms with Gasteiger partial charge in [-0.3, -0.25) is 4.55 Å². The van der Waals surface area contributed by atoms with Crippen LogP contribution in [0.4, 0.5) is 0 Å². The van der Waals surface area contributed by atoms with Crippen LogP contribution in [0.2, 0.25) is 3.67 Å². The Morgan fingerprint density at radius 1 is 1.46 bits per heavy atom. The third-order valence-electron chi connectivity index (χ3n) is 1.29. The SMILES string of the molecule is C=C[CH2][Na].CCCCCS(=O)(=O)O. The average molecular weight is 216 g/mol. The van der Waals surface area contributed by atoms with Crippen molar-refractivity contribution in [3.05, 3.63) is 12.7 Å². The van der Waals surface area contributed by atoms with Gasteiger partial charge in [-0.05, 0) is 6.42 Å². The smallest absolute Gasteiger partial charge is 0.264 e. The van der Waals surface area contributed by atoms with Crippen molar-refractivity contribution in [1.29, 1.82) is 0 Å². The van der Waals surface area contributed by atoms with Crippen molar-refractivity contribution in [2.45, 2.75) is 29.9 Å². The molecule has 0 spiro atoms. The quantitative estimate of drug-likeness (QED) is 0.330. The Labute approximate surface area is 98.8 Å². The molecule has 3 nitrogen and oxygen atoms in total. The first-order chi connectivity index (χ1) is 5.97. The van der Waals surface area contributed by atoms with E-state index in [-0.39, 0.29) is 5.75 Å². The van der Waals surface area contributed by atoms with Gasteiger partial charge in [0.05, 0.1) is 5.75 Å². The molecule has 0 saturated carbocycles. The zero-order chi connectivity index (χ0) is 10.7. The van der Waals surface area contributed by atoms with Gasteiger partial charge >= 0.3 is 44.3 Å². The molecule has 0 amide bonds. The van der Waals surface area contributed by atoms with E-state index in [9.17, 15) is 8.42 Å². The van der Waals surface area contributed by atoms with E-state index in [2.05, 4.69) is 6.58 Å². The average Bonchev–Trinajstić information content (AvgIpc) is 2.03. The Kier molecular flexibility index (Phi) is 13.3. The van der Waals surface area contributed by atoms with E-state index < -0.39 is 10.1 Å². The normalized spacial score (nSPS) is 10.2. The summed E-state index contributed by atoms with van der Waals surface area (Å²) in [5.41, 5.74) is 0. The summed E-state index contributed by atoms with van der Waals surface area (Å²) in [5, 5.41) is 0. The molecule has 0 heterocycles. The molecule has 0 aromatic heterocycles. The number of hydrogen-bond donors (Lipinski definition) is 1. The van der Waals surface area contributed by atoms with E-state index in [4.69, 9.17) is 4.55 Å². The summed E-state index contributed by atoms with van der Waals surface area (Å²) in [5.74, 6) is -0.0964. The summed E-state index contributed by atoms with van der Waals surface area (Å²) < 4.78 is 29.6. The van der Waals surface area contributed by atoms with Crippen LogP contribution in [-0.2, 0) is 10.1 Å². The van der Waals surface area contributed by atoms with E-state index in [1.54, 1.807) is 0 Å². The maximum atomic E-state index is 10.1. The molecule has 0 fully saturated rings. The number of unbranched alkanes of at least 4 members (excludes halogenated alkanes) is 2. The molecule has 1 N–H and O–H groups in total. The van der Waals surface area contributed by atoms with Crippen molar-refractivity contribution in [2.75, 3.05) is 5.75 Å². The van der Waals surface area contributed by atoms with Gasteiger partial charge in [0.15, 0.2) is 0 Å². The largest absolute Gasteiger partial charge is 0.286 e. The third-order valence-corrected chi connectivity index (χ3v) is 2.68. The predicted octanol–water partition coefficient (Wildman–Crippen LogP) is 1.82. The molecule has 0 saturated heterocycles. The first-order valence-corrected chi connectivity index (χ1v) is 7.56. The summed E-state index contributed by atoms with van der Waals surface area (Å²) in [7, 11) is -3.70. The van der Waals surface area contributed by atoms with Crippen LogP contribution in [0.1, 0.15) is 26.2 Å². The maximum Gasteiger partial charge on any atom is 0.264 e. The second-order valence-corrected chi connectivity index (χ2v) is 5.08. The van der Waals surface area contributed by atoms with Gasteiger partial charge in [-0.1, -0.05) is 19.8 Å². The predicted molar refractivity (Wildman–Crippen MR) is 56.7 cm³/mol. The zero-order valence-corrected chi connectivity index (χ0v) is 11.3. The van der Waals surface area contributed by atoms with Crippen LogP contribution in [0.15, 0.2) is 12.7 Å². The molecule has 0 aliphatic carbocycles. The Morgan fingerprint density at radius 2 is 1.92 bits per heavy atom. The van der Waals surface area contributed by atoms with Crippen LogP contribution in [-0.4, -0.2) is 46.7 Å². The Bertz CT molecular complexity index is 199. The Morgan fingerprint density at radius 3 is 2.15 bits per heavy atom. The van der Waals surface area contributed by atoms with Crippen LogP contribution >= 0.6 is 0 Å². The summed E-state index contributed by atoms with van der Waals surface area (Å²) in [4.78, 5) is 0. The van der Waals surface area contributed by atoms with E-state index in [0.29, 0.717) is 6.42 Å². The Hall–Kier alpha value is 0.650. The van der Waals surface area contributed by atoms with E-state index in [0.717, 1.165) is 12.8 Å². The summed E-state index contributed by atoms with van der Waals surface area (Å²) in [6, 6.07) is 0. The minimum absolute atomic E-state index is 0.0964. The molecular formula is C8H17NaO3S. The fourth-order valence-corrected chi connectivity index (χ4v) is 1.10. The Balaban J connectivity index is 0. The van der Waals surface area contributed by atoms with Gasteiger partial charge in [0.25, 0.3) is 10.1 Å². The molecule has 0 bridgehead atoms. The van der Waals surface area contributed by atoms with Crippen molar-refractivity contribution in [3.63, 3.8) is 0 Å². The van der Waals surface area contributed by atoms with Gasteiger partial charge < -0.3 is 0 Å². The molecule has 0 aliphatic heterocycles. The van der Waals surface area contributed by atoms with Gasteiger partial charge in [0.2, 0.25) is 0 Å². The minimum atomic E-state index is -3.70. The van der Waals surface area contributed by atoms with Gasteiger partial charge in [0.1, 0.15) is 0 Å². The third kappa shape index (κ3) is 24.5. The van der Waals surface area contributed by atoms with Gasteiger partial charge in [-0.2, -0.15) is 8.42 Å². The molecule has 5 heteroatoms. The minimum Gasteiger partial charge on any atom is -0.286 e. The first kappa shape index (κ1) is 16.1. The van der Waals surface area contributed by atoms with Gasteiger partial charge in [-0.15, -0.1) is 0 Å². The number of hydrogen-bond acceptors (Lipinski definition) is 2. The van der Waals surface area contributed by atoms with Crippen molar-refractivity contribution >= 4 is 38.0 Å².